The highest BCUT2D eigenvalue weighted by Gasteiger charge is 2.15. The molecule has 1 aliphatic heterocycles. The van der Waals surface area contributed by atoms with Crippen molar-refractivity contribution in [3.05, 3.63) is 35.4 Å². The van der Waals surface area contributed by atoms with Crippen molar-refractivity contribution in [2.45, 2.75) is 39.3 Å². The van der Waals surface area contributed by atoms with Crippen LogP contribution in [0.25, 0.3) is 0 Å². The third-order valence-corrected chi connectivity index (χ3v) is 5.18. The highest BCUT2D eigenvalue weighted by molar-refractivity contribution is 14.0. The number of aliphatic imine (C=N–C) groups is 1. The average Bonchev–Trinajstić information content (AvgIpc) is 2.72. The Morgan fingerprint density at radius 1 is 1.07 bits per heavy atom. The van der Waals surface area contributed by atoms with E-state index in [1.165, 1.54) is 37.1 Å². The Morgan fingerprint density at radius 3 is 2.41 bits per heavy atom. The summed E-state index contributed by atoms with van der Waals surface area (Å²) in [6.45, 7) is 9.50. The molecule has 0 spiro atoms. The molecule has 1 heterocycles. The summed E-state index contributed by atoms with van der Waals surface area (Å²) in [4.78, 5) is 6.85. The van der Waals surface area contributed by atoms with Crippen LogP contribution >= 0.6 is 24.0 Å². The molecule has 7 heteroatoms. The number of likely N-dealkylation sites (tertiary alicyclic amines) is 1. The first-order chi connectivity index (χ1) is 13.7. The zero-order valence-electron chi connectivity index (χ0n) is 18.3. The van der Waals surface area contributed by atoms with Crippen molar-refractivity contribution < 1.29 is 9.47 Å². The fourth-order valence-electron chi connectivity index (χ4n) is 3.27. The summed E-state index contributed by atoms with van der Waals surface area (Å²) in [6.07, 6.45) is 3.59. The topological polar surface area (TPSA) is 58.1 Å². The van der Waals surface area contributed by atoms with Crippen LogP contribution in [0.15, 0.2) is 29.3 Å². The molecule has 2 N–H and O–H groups in total. The largest absolute Gasteiger partial charge is 0.382 e. The fourth-order valence-corrected chi connectivity index (χ4v) is 3.27. The minimum atomic E-state index is 0. The molecule has 0 radical (unpaired) electrons. The summed E-state index contributed by atoms with van der Waals surface area (Å²) in [5.41, 5.74) is 2.66. The Kier molecular flexibility index (Phi) is 14.3. The minimum Gasteiger partial charge on any atom is -0.382 e. The molecule has 1 saturated heterocycles. The molecule has 1 aliphatic rings. The van der Waals surface area contributed by atoms with Crippen molar-refractivity contribution in [3.63, 3.8) is 0 Å². The van der Waals surface area contributed by atoms with Crippen LogP contribution in [0.4, 0.5) is 0 Å². The lowest BCUT2D eigenvalue weighted by molar-refractivity contribution is 0.0698. The van der Waals surface area contributed by atoms with Crippen LogP contribution in [0.2, 0.25) is 0 Å². The summed E-state index contributed by atoms with van der Waals surface area (Å²) in [5, 5.41) is 6.69. The number of benzene rings is 1. The van der Waals surface area contributed by atoms with E-state index in [9.17, 15) is 0 Å². The van der Waals surface area contributed by atoms with E-state index in [2.05, 4.69) is 51.7 Å². The molecule has 29 heavy (non-hydrogen) atoms. The Balaban J connectivity index is 0.00000420. The molecule has 0 saturated carbocycles. The van der Waals surface area contributed by atoms with Crippen LogP contribution in [-0.4, -0.2) is 64.5 Å². The molecule has 166 valence electrons. The van der Waals surface area contributed by atoms with E-state index in [4.69, 9.17) is 9.47 Å². The molecular formula is C22H39IN4O2. The number of ether oxygens (including phenoxy) is 2. The van der Waals surface area contributed by atoms with Gasteiger partial charge in [0.1, 0.15) is 0 Å². The van der Waals surface area contributed by atoms with E-state index in [-0.39, 0.29) is 24.0 Å². The van der Waals surface area contributed by atoms with Gasteiger partial charge in [0, 0.05) is 40.4 Å². The van der Waals surface area contributed by atoms with Gasteiger partial charge < -0.3 is 20.1 Å². The second-order valence-electron chi connectivity index (χ2n) is 7.59. The molecule has 1 aromatic rings. The first-order valence-electron chi connectivity index (χ1n) is 10.5. The van der Waals surface area contributed by atoms with Gasteiger partial charge in [0.25, 0.3) is 0 Å². The van der Waals surface area contributed by atoms with Crippen LogP contribution in [0.5, 0.6) is 0 Å². The molecule has 1 fully saturated rings. The number of halogens is 1. The van der Waals surface area contributed by atoms with Gasteiger partial charge in [-0.2, -0.15) is 0 Å². The van der Waals surface area contributed by atoms with E-state index in [0.29, 0.717) is 13.2 Å². The predicted molar refractivity (Wildman–Crippen MR) is 131 cm³/mol. The molecule has 0 amide bonds. The lowest BCUT2D eigenvalue weighted by atomic mass is 9.99. The second-order valence-corrected chi connectivity index (χ2v) is 7.59. The molecule has 0 aromatic heterocycles. The molecule has 1 aromatic carbocycles. The van der Waals surface area contributed by atoms with Gasteiger partial charge in [0.05, 0.1) is 13.2 Å². The van der Waals surface area contributed by atoms with Crippen molar-refractivity contribution in [3.8, 4) is 0 Å². The lowest BCUT2D eigenvalue weighted by Crippen LogP contribution is -2.37. The number of piperidine rings is 1. The Bertz CT molecular complexity index is 560. The first-order valence-corrected chi connectivity index (χ1v) is 10.5. The van der Waals surface area contributed by atoms with Gasteiger partial charge in [-0.25, -0.2) is 0 Å². The van der Waals surface area contributed by atoms with Gasteiger partial charge in [-0.05, 0) is 49.4 Å². The van der Waals surface area contributed by atoms with Crippen LogP contribution < -0.4 is 10.6 Å². The Hall–Kier alpha value is -0.900. The molecule has 2 rings (SSSR count). The van der Waals surface area contributed by atoms with Gasteiger partial charge in [-0.1, -0.05) is 31.2 Å². The van der Waals surface area contributed by atoms with Crippen LogP contribution in [0.3, 0.4) is 0 Å². The molecule has 0 bridgehead atoms. The standard InChI is InChI=1S/C22H38N4O2.HI/c1-19-9-12-26(13-10-19)18-21-7-5-20(6-8-21)17-25-22(23-2)24-11-4-14-28-16-15-27-3;/h5-8,19H,4,9-18H2,1-3H3,(H2,23,24,25);1H. The molecule has 0 aliphatic carbocycles. The summed E-state index contributed by atoms with van der Waals surface area (Å²) in [6, 6.07) is 8.93. The number of nitrogens with zero attached hydrogens (tertiary/aromatic N) is 2. The quantitative estimate of drug-likeness (QED) is 0.204. The Labute approximate surface area is 193 Å². The third kappa shape index (κ3) is 11.2. The number of hydrogen-bond donors (Lipinski definition) is 2. The van der Waals surface area contributed by atoms with Crippen molar-refractivity contribution >= 4 is 29.9 Å². The van der Waals surface area contributed by atoms with Crippen LogP contribution in [-0.2, 0) is 22.6 Å². The highest BCUT2D eigenvalue weighted by Crippen LogP contribution is 2.18. The number of methoxy groups -OCH3 is 1. The zero-order chi connectivity index (χ0) is 20.0. The third-order valence-electron chi connectivity index (χ3n) is 5.18. The summed E-state index contributed by atoms with van der Waals surface area (Å²) >= 11 is 0. The second kappa shape index (κ2) is 15.9. The Morgan fingerprint density at radius 2 is 1.76 bits per heavy atom. The minimum absolute atomic E-state index is 0. The van der Waals surface area contributed by atoms with Crippen molar-refractivity contribution in [1.82, 2.24) is 15.5 Å². The van der Waals surface area contributed by atoms with Crippen LogP contribution in [0.1, 0.15) is 37.3 Å². The summed E-state index contributed by atoms with van der Waals surface area (Å²) < 4.78 is 10.4. The zero-order valence-corrected chi connectivity index (χ0v) is 20.6. The van der Waals surface area contributed by atoms with Crippen molar-refractivity contribution in [2.75, 3.05) is 53.6 Å². The van der Waals surface area contributed by atoms with Crippen LogP contribution in [0, 0.1) is 5.92 Å². The van der Waals surface area contributed by atoms with E-state index < -0.39 is 0 Å². The number of guanidine groups is 1. The van der Waals surface area contributed by atoms with Gasteiger partial charge in [-0.15, -0.1) is 24.0 Å². The van der Waals surface area contributed by atoms with E-state index >= 15 is 0 Å². The first kappa shape index (κ1) is 26.1. The maximum Gasteiger partial charge on any atom is 0.191 e. The average molecular weight is 518 g/mol. The van der Waals surface area contributed by atoms with Gasteiger partial charge in [0.15, 0.2) is 5.96 Å². The van der Waals surface area contributed by atoms with E-state index in [0.717, 1.165) is 44.5 Å². The van der Waals surface area contributed by atoms with E-state index in [1.807, 2.05) is 0 Å². The molecule has 0 atom stereocenters. The fraction of sp³-hybridized carbons (Fsp3) is 0.682. The highest BCUT2D eigenvalue weighted by atomic mass is 127. The normalized spacial score (nSPS) is 15.8. The number of hydrogen-bond acceptors (Lipinski definition) is 4. The van der Waals surface area contributed by atoms with Gasteiger partial charge in [-0.3, -0.25) is 9.89 Å². The van der Waals surface area contributed by atoms with Crippen molar-refractivity contribution in [2.24, 2.45) is 10.9 Å². The maximum absolute atomic E-state index is 5.46. The van der Waals surface area contributed by atoms with Gasteiger partial charge >= 0.3 is 0 Å². The maximum atomic E-state index is 5.46. The molecule has 0 unspecified atom stereocenters. The summed E-state index contributed by atoms with van der Waals surface area (Å²) in [5.74, 6) is 1.71. The monoisotopic (exact) mass is 518 g/mol. The van der Waals surface area contributed by atoms with Gasteiger partial charge in [0.2, 0.25) is 0 Å². The summed E-state index contributed by atoms with van der Waals surface area (Å²) in [7, 11) is 3.48. The smallest absolute Gasteiger partial charge is 0.191 e. The predicted octanol–water partition coefficient (Wildman–Crippen LogP) is 3.25. The lowest BCUT2D eigenvalue weighted by Gasteiger charge is -2.30. The molecule has 6 nitrogen and oxygen atoms in total. The van der Waals surface area contributed by atoms with E-state index in [1.54, 1.807) is 14.2 Å². The molecular weight excluding hydrogens is 479 g/mol. The number of nitrogens with one attached hydrogen (secondary N) is 2. The SMILES string of the molecule is CN=C(NCCCOCCOC)NCc1ccc(CN2CCC(C)CC2)cc1.I. The van der Waals surface area contributed by atoms with Crippen molar-refractivity contribution in [1.29, 1.82) is 0 Å². The number of rotatable bonds is 11.